The maximum Gasteiger partial charge on any atom is 0.331 e. The van der Waals surface area contributed by atoms with Gasteiger partial charge < -0.3 is 40.0 Å². The molecule has 1 saturated heterocycles. The Morgan fingerprint density at radius 1 is 0.566 bits per heavy atom. The van der Waals surface area contributed by atoms with Gasteiger partial charge in [0.15, 0.2) is 12.3 Å². The summed E-state index contributed by atoms with van der Waals surface area (Å²) in [5.74, 6) is -0.912. The molecule has 0 aliphatic carbocycles. The highest BCUT2D eigenvalue weighted by molar-refractivity contribution is 5.84. The van der Waals surface area contributed by atoms with Gasteiger partial charge in [-0.05, 0) is 12.8 Å². The number of aliphatic hydroxyl groups is 4. The molecule has 1 aliphatic rings. The molecule has 0 aromatic rings. The van der Waals surface area contributed by atoms with Crippen LogP contribution in [-0.4, -0.2) is 88.9 Å². The standard InChI is InChI=1S/C43H83NO9/c1-3-5-7-9-11-13-15-17-19-20-22-24-26-28-30-32-38(46)44-36(35-52-43-41(49)40(48)39(47)37(34-45)53-43)42(50)51-33-31-29-27-25-23-21-18-16-14-12-10-8-6-4-2/h36-37,39-41,43,45,47-49H,3-35H2,1-2H3,(H,44,46)/t36-,37+,39+,40-,41+,43+/m0/s1. The van der Waals surface area contributed by atoms with Crippen molar-refractivity contribution in [1.82, 2.24) is 5.32 Å². The van der Waals surface area contributed by atoms with Crippen molar-refractivity contribution >= 4 is 11.9 Å². The highest BCUT2D eigenvalue weighted by atomic mass is 16.7. The molecule has 6 atom stereocenters. The lowest BCUT2D eigenvalue weighted by Gasteiger charge is -2.39. The Morgan fingerprint density at radius 3 is 1.38 bits per heavy atom. The fraction of sp³-hybridized carbons (Fsp3) is 0.953. The molecule has 1 heterocycles. The molecule has 314 valence electrons. The predicted molar refractivity (Wildman–Crippen MR) is 212 cm³/mol. The molecule has 10 nitrogen and oxygen atoms in total. The minimum absolute atomic E-state index is 0.238. The maximum absolute atomic E-state index is 13.1. The molecule has 1 amide bonds. The largest absolute Gasteiger partial charge is 0.464 e. The minimum Gasteiger partial charge on any atom is -0.464 e. The average molecular weight is 758 g/mol. The summed E-state index contributed by atoms with van der Waals surface area (Å²) in [5.41, 5.74) is 0. The van der Waals surface area contributed by atoms with Gasteiger partial charge in [-0.25, -0.2) is 4.79 Å². The third kappa shape index (κ3) is 26.2. The zero-order valence-corrected chi connectivity index (χ0v) is 34.1. The number of ether oxygens (including phenoxy) is 3. The molecule has 1 rings (SSSR count). The van der Waals surface area contributed by atoms with Crippen LogP contribution < -0.4 is 5.32 Å². The normalized spacial score (nSPS) is 20.8. The summed E-state index contributed by atoms with van der Waals surface area (Å²) >= 11 is 0. The van der Waals surface area contributed by atoms with E-state index in [0.717, 1.165) is 38.5 Å². The van der Waals surface area contributed by atoms with Gasteiger partial charge in [0.1, 0.15) is 24.4 Å². The fourth-order valence-electron chi connectivity index (χ4n) is 7.06. The Labute approximate surface area is 323 Å². The molecule has 0 radical (unpaired) electrons. The maximum atomic E-state index is 13.1. The molecule has 5 N–H and O–H groups in total. The average Bonchev–Trinajstić information content (AvgIpc) is 3.16. The van der Waals surface area contributed by atoms with E-state index in [4.69, 9.17) is 14.2 Å². The Balaban J connectivity index is 2.33. The van der Waals surface area contributed by atoms with E-state index in [9.17, 15) is 30.0 Å². The summed E-state index contributed by atoms with van der Waals surface area (Å²) in [6.45, 7) is 3.80. The van der Waals surface area contributed by atoms with Gasteiger partial charge >= 0.3 is 5.97 Å². The van der Waals surface area contributed by atoms with Crippen LogP contribution in [0.4, 0.5) is 0 Å². The van der Waals surface area contributed by atoms with E-state index >= 15 is 0 Å². The van der Waals surface area contributed by atoms with Crippen LogP contribution in [0.2, 0.25) is 0 Å². The number of rotatable bonds is 37. The summed E-state index contributed by atoms with van der Waals surface area (Å²) in [4.78, 5) is 25.9. The molecule has 0 spiro atoms. The highest BCUT2D eigenvalue weighted by Gasteiger charge is 2.44. The topological polar surface area (TPSA) is 155 Å². The summed E-state index contributed by atoms with van der Waals surface area (Å²) in [6.07, 6.45) is 28.8. The second kappa shape index (κ2) is 35.1. The number of esters is 1. The summed E-state index contributed by atoms with van der Waals surface area (Å²) in [5, 5.41) is 42.8. The second-order valence-electron chi connectivity index (χ2n) is 15.6. The monoisotopic (exact) mass is 758 g/mol. The smallest absolute Gasteiger partial charge is 0.331 e. The zero-order chi connectivity index (χ0) is 38.8. The number of nitrogens with one attached hydrogen (secondary N) is 1. The number of hydrogen-bond donors (Lipinski definition) is 5. The first kappa shape index (κ1) is 49.7. The number of aliphatic hydroxyl groups excluding tert-OH is 4. The van der Waals surface area contributed by atoms with Crippen LogP contribution in [0.5, 0.6) is 0 Å². The van der Waals surface area contributed by atoms with Gasteiger partial charge in [-0.15, -0.1) is 0 Å². The molecular formula is C43H83NO9. The van der Waals surface area contributed by atoms with Crippen molar-refractivity contribution in [3.63, 3.8) is 0 Å². The second-order valence-corrected chi connectivity index (χ2v) is 15.6. The zero-order valence-electron chi connectivity index (χ0n) is 34.1. The molecule has 0 aromatic carbocycles. The van der Waals surface area contributed by atoms with Crippen molar-refractivity contribution in [3.05, 3.63) is 0 Å². The van der Waals surface area contributed by atoms with E-state index in [0.29, 0.717) is 0 Å². The van der Waals surface area contributed by atoms with Gasteiger partial charge in [0.2, 0.25) is 5.91 Å². The lowest BCUT2D eigenvalue weighted by Crippen LogP contribution is -2.59. The lowest BCUT2D eigenvalue weighted by atomic mass is 9.99. The number of carbonyl (C=O) groups excluding carboxylic acids is 2. The van der Waals surface area contributed by atoms with Gasteiger partial charge in [0.05, 0.1) is 19.8 Å². The van der Waals surface area contributed by atoms with Crippen LogP contribution in [0.1, 0.15) is 206 Å². The van der Waals surface area contributed by atoms with E-state index in [2.05, 4.69) is 19.2 Å². The van der Waals surface area contributed by atoms with Gasteiger partial charge in [-0.1, -0.05) is 187 Å². The van der Waals surface area contributed by atoms with E-state index in [1.54, 1.807) is 0 Å². The van der Waals surface area contributed by atoms with Crippen LogP contribution in [0.25, 0.3) is 0 Å². The van der Waals surface area contributed by atoms with Crippen LogP contribution in [0.3, 0.4) is 0 Å². The van der Waals surface area contributed by atoms with E-state index in [1.165, 1.54) is 148 Å². The molecule has 10 heteroatoms. The lowest BCUT2D eigenvalue weighted by molar-refractivity contribution is -0.301. The van der Waals surface area contributed by atoms with Crippen molar-refractivity contribution in [2.75, 3.05) is 19.8 Å². The number of carbonyl (C=O) groups is 2. The third-order valence-corrected chi connectivity index (χ3v) is 10.6. The van der Waals surface area contributed by atoms with Gasteiger partial charge in [-0.2, -0.15) is 0 Å². The predicted octanol–water partition coefficient (Wildman–Crippen LogP) is 8.57. The third-order valence-electron chi connectivity index (χ3n) is 10.6. The molecule has 0 aromatic heterocycles. The van der Waals surface area contributed by atoms with Crippen LogP contribution in [0, 0.1) is 0 Å². The van der Waals surface area contributed by atoms with E-state index in [1.807, 2.05) is 0 Å². The quantitative estimate of drug-likeness (QED) is 0.0310. The Kier molecular flexibility index (Phi) is 33.0. The molecule has 0 bridgehead atoms. The number of amides is 1. The first-order valence-electron chi connectivity index (χ1n) is 22.2. The molecular weight excluding hydrogens is 674 g/mol. The molecule has 53 heavy (non-hydrogen) atoms. The van der Waals surface area contributed by atoms with Crippen molar-refractivity contribution in [2.24, 2.45) is 0 Å². The molecule has 0 unspecified atom stereocenters. The first-order chi connectivity index (χ1) is 25.8. The van der Waals surface area contributed by atoms with Crippen molar-refractivity contribution in [3.8, 4) is 0 Å². The van der Waals surface area contributed by atoms with Crippen molar-refractivity contribution in [2.45, 2.75) is 243 Å². The first-order valence-corrected chi connectivity index (χ1v) is 22.2. The van der Waals surface area contributed by atoms with Gasteiger partial charge in [-0.3, -0.25) is 4.79 Å². The number of hydrogen-bond acceptors (Lipinski definition) is 9. The van der Waals surface area contributed by atoms with Crippen LogP contribution in [0.15, 0.2) is 0 Å². The minimum atomic E-state index is -1.60. The van der Waals surface area contributed by atoms with Gasteiger partial charge in [0, 0.05) is 6.42 Å². The highest BCUT2D eigenvalue weighted by Crippen LogP contribution is 2.22. The van der Waals surface area contributed by atoms with Gasteiger partial charge in [0.25, 0.3) is 0 Å². The van der Waals surface area contributed by atoms with Crippen LogP contribution in [-0.2, 0) is 23.8 Å². The Bertz CT molecular complexity index is 845. The Morgan fingerprint density at radius 2 is 0.962 bits per heavy atom. The van der Waals surface area contributed by atoms with E-state index in [-0.39, 0.29) is 25.5 Å². The van der Waals surface area contributed by atoms with Crippen LogP contribution >= 0.6 is 0 Å². The molecule has 0 saturated carbocycles. The van der Waals surface area contributed by atoms with Crippen molar-refractivity contribution < 1.29 is 44.2 Å². The van der Waals surface area contributed by atoms with E-state index < -0.39 is 49.3 Å². The van der Waals surface area contributed by atoms with Crippen molar-refractivity contribution in [1.29, 1.82) is 0 Å². The SMILES string of the molecule is CCCCCCCCCCCCCCCCCC(=O)N[C@@H](CO[C@@H]1O[C@H](CO)[C@@H](O)[C@H](O)[C@H]1O)C(=O)OCCCCCCCCCCCCCCCC. The summed E-state index contributed by atoms with van der Waals surface area (Å²) in [6, 6.07) is -1.13. The number of unbranched alkanes of at least 4 members (excludes halogenated alkanes) is 27. The molecule has 1 fully saturated rings. The Hall–Kier alpha value is -1.30. The summed E-state index contributed by atoms with van der Waals surface area (Å²) in [7, 11) is 0. The molecule has 1 aliphatic heterocycles. The fourth-order valence-corrected chi connectivity index (χ4v) is 7.06. The summed E-state index contributed by atoms with van der Waals surface area (Å²) < 4.78 is 16.6.